The van der Waals surface area contributed by atoms with Crippen LogP contribution in [-0.4, -0.2) is 28.6 Å². The smallest absolute Gasteiger partial charge is 0.333 e. The van der Waals surface area contributed by atoms with Crippen LogP contribution in [0.4, 0.5) is 0 Å². The van der Waals surface area contributed by atoms with E-state index >= 15 is 0 Å². The third-order valence-corrected chi connectivity index (χ3v) is 3.33. The van der Waals surface area contributed by atoms with Crippen molar-refractivity contribution in [2.75, 3.05) is 6.61 Å². The Balaban J connectivity index is 2.30. The van der Waals surface area contributed by atoms with Crippen molar-refractivity contribution >= 4 is 11.9 Å². The first-order valence-electron chi connectivity index (χ1n) is 7.38. The highest BCUT2D eigenvalue weighted by Gasteiger charge is 2.25. The molecule has 7 nitrogen and oxygen atoms in total. The van der Waals surface area contributed by atoms with E-state index in [9.17, 15) is 19.5 Å². The molecule has 1 amide bonds. The summed E-state index contributed by atoms with van der Waals surface area (Å²) in [6, 6.07) is 6.00. The Morgan fingerprint density at radius 3 is 2.54 bits per heavy atom. The van der Waals surface area contributed by atoms with E-state index in [1.54, 1.807) is 13.8 Å². The van der Waals surface area contributed by atoms with Crippen LogP contribution in [0.25, 0.3) is 0 Å². The minimum Gasteiger partial charge on any atom is -0.508 e. The first-order valence-corrected chi connectivity index (χ1v) is 7.38. The summed E-state index contributed by atoms with van der Waals surface area (Å²) in [6.07, 6.45) is 1.30. The molecule has 3 N–H and O–H groups in total. The molecule has 0 spiro atoms. The molecule has 0 fully saturated rings. The number of H-pyrrole nitrogens is 1. The summed E-state index contributed by atoms with van der Waals surface area (Å²) in [4.78, 5) is 39.2. The van der Waals surface area contributed by atoms with Crippen LogP contribution in [0.3, 0.4) is 0 Å². The fourth-order valence-corrected chi connectivity index (χ4v) is 2.13. The number of benzene rings is 1. The second-order valence-electron chi connectivity index (χ2n) is 5.14. The van der Waals surface area contributed by atoms with Crippen molar-refractivity contribution in [3.63, 3.8) is 0 Å². The number of aryl methyl sites for hydroxylation is 1. The number of hydrogen-bond acceptors (Lipinski definition) is 5. The maximum absolute atomic E-state index is 12.3. The number of aromatic amines is 1. The van der Waals surface area contributed by atoms with Gasteiger partial charge in [0.15, 0.2) is 11.5 Å². The van der Waals surface area contributed by atoms with Crippen LogP contribution in [0.2, 0.25) is 0 Å². The number of amides is 1. The monoisotopic (exact) mass is 330 g/mol. The molecule has 126 valence electrons. The normalized spacial score (nSPS) is 11.6. The number of ether oxygens (including phenoxy) is 1. The Morgan fingerprint density at radius 2 is 1.96 bits per heavy atom. The Bertz CT molecular complexity index is 795. The highest BCUT2D eigenvalue weighted by Crippen LogP contribution is 2.18. The highest BCUT2D eigenvalue weighted by molar-refractivity contribution is 5.96. The second kappa shape index (κ2) is 7.45. The van der Waals surface area contributed by atoms with Crippen molar-refractivity contribution in [1.82, 2.24) is 10.3 Å². The molecule has 0 saturated carbocycles. The van der Waals surface area contributed by atoms with Crippen molar-refractivity contribution in [2.24, 2.45) is 0 Å². The van der Waals surface area contributed by atoms with Crippen LogP contribution in [0.15, 0.2) is 41.3 Å². The zero-order valence-electron chi connectivity index (χ0n) is 13.3. The minimum absolute atomic E-state index is 0.0302. The molecule has 0 unspecified atom stereocenters. The topological polar surface area (TPSA) is 108 Å². The van der Waals surface area contributed by atoms with Crippen LogP contribution in [0.1, 0.15) is 34.6 Å². The fourth-order valence-electron chi connectivity index (χ4n) is 2.13. The molecule has 0 aliphatic heterocycles. The summed E-state index contributed by atoms with van der Waals surface area (Å²) in [6.45, 7) is 3.49. The van der Waals surface area contributed by atoms with Crippen LogP contribution in [0.5, 0.6) is 5.75 Å². The van der Waals surface area contributed by atoms with Gasteiger partial charge in [0.2, 0.25) is 0 Å². The molecular weight excluding hydrogens is 312 g/mol. The molecule has 0 aliphatic carbocycles. The molecule has 0 aliphatic rings. The number of esters is 1. The first kappa shape index (κ1) is 17.3. The molecule has 2 rings (SSSR count). The van der Waals surface area contributed by atoms with Gasteiger partial charge in [-0.25, -0.2) is 4.79 Å². The SMILES string of the molecule is CCOC(=O)[C@H](NC(=O)c1c[nH]c(C)cc1=O)c1ccc(O)cc1. The average Bonchev–Trinajstić information content (AvgIpc) is 2.53. The summed E-state index contributed by atoms with van der Waals surface area (Å²) < 4.78 is 4.97. The third-order valence-electron chi connectivity index (χ3n) is 3.33. The standard InChI is InChI=1S/C17H18N2O5/c1-3-24-17(23)15(11-4-6-12(20)7-5-11)19-16(22)13-9-18-10(2)8-14(13)21/h4-9,15,20H,3H2,1-2H3,(H,18,21)(H,19,22)/t15-/m1/s1. The molecule has 0 saturated heterocycles. The van der Waals surface area contributed by atoms with Crippen molar-refractivity contribution in [2.45, 2.75) is 19.9 Å². The summed E-state index contributed by atoms with van der Waals surface area (Å²) in [5, 5.41) is 11.9. The maximum Gasteiger partial charge on any atom is 0.333 e. The van der Waals surface area contributed by atoms with Crippen molar-refractivity contribution < 1.29 is 19.4 Å². The van der Waals surface area contributed by atoms with Gasteiger partial charge in [0, 0.05) is 18.0 Å². The molecule has 1 aromatic carbocycles. The van der Waals surface area contributed by atoms with Crippen LogP contribution in [0, 0.1) is 6.92 Å². The van der Waals surface area contributed by atoms with Crippen molar-refractivity contribution in [1.29, 1.82) is 0 Å². The summed E-state index contributed by atoms with van der Waals surface area (Å²) >= 11 is 0. The van der Waals surface area contributed by atoms with Gasteiger partial charge in [-0.3, -0.25) is 9.59 Å². The Morgan fingerprint density at radius 1 is 1.29 bits per heavy atom. The molecule has 1 atom stereocenters. The predicted octanol–water partition coefficient (Wildman–Crippen LogP) is 1.42. The largest absolute Gasteiger partial charge is 0.508 e. The van der Waals surface area contributed by atoms with Gasteiger partial charge in [0.1, 0.15) is 11.3 Å². The number of pyridine rings is 1. The lowest BCUT2D eigenvalue weighted by atomic mass is 10.1. The molecule has 2 aromatic rings. The van der Waals surface area contributed by atoms with Gasteiger partial charge in [-0.2, -0.15) is 0 Å². The maximum atomic E-state index is 12.3. The average molecular weight is 330 g/mol. The number of rotatable bonds is 5. The van der Waals surface area contributed by atoms with Crippen molar-refractivity contribution in [3.8, 4) is 5.75 Å². The summed E-state index contributed by atoms with van der Waals surface area (Å²) in [7, 11) is 0. The number of phenols is 1. The predicted molar refractivity (Wildman–Crippen MR) is 86.7 cm³/mol. The number of aromatic hydroxyl groups is 1. The van der Waals surface area contributed by atoms with Gasteiger partial charge in [-0.05, 0) is 31.5 Å². The third kappa shape index (κ3) is 4.01. The van der Waals surface area contributed by atoms with Crippen molar-refractivity contribution in [3.05, 3.63) is 63.6 Å². The quantitative estimate of drug-likeness (QED) is 0.719. The van der Waals surface area contributed by atoms with Crippen LogP contribution < -0.4 is 10.7 Å². The Hall–Kier alpha value is -3.09. The van der Waals surface area contributed by atoms with E-state index in [-0.39, 0.29) is 17.9 Å². The van der Waals surface area contributed by atoms with Gasteiger partial charge in [-0.15, -0.1) is 0 Å². The number of phenolic OH excluding ortho intramolecular Hbond substituents is 1. The van der Waals surface area contributed by atoms with Crippen LogP contribution >= 0.6 is 0 Å². The van der Waals surface area contributed by atoms with E-state index in [1.807, 2.05) is 0 Å². The van der Waals surface area contributed by atoms with E-state index < -0.39 is 23.3 Å². The zero-order valence-corrected chi connectivity index (χ0v) is 13.3. The van der Waals surface area contributed by atoms with Gasteiger partial charge < -0.3 is 20.1 Å². The number of carbonyl (C=O) groups excluding carboxylic acids is 2. The molecular formula is C17H18N2O5. The first-order chi connectivity index (χ1) is 11.4. The lowest BCUT2D eigenvalue weighted by molar-refractivity contribution is -0.145. The molecule has 0 bridgehead atoms. The number of nitrogens with one attached hydrogen (secondary N) is 2. The van der Waals surface area contributed by atoms with Gasteiger partial charge in [-0.1, -0.05) is 12.1 Å². The summed E-state index contributed by atoms with van der Waals surface area (Å²) in [5.41, 5.74) is 0.505. The number of carbonyl (C=O) groups is 2. The van der Waals surface area contributed by atoms with Gasteiger partial charge in [0.05, 0.1) is 6.61 Å². The molecule has 24 heavy (non-hydrogen) atoms. The number of aromatic nitrogens is 1. The van der Waals surface area contributed by atoms with E-state index in [0.717, 1.165) is 0 Å². The lowest BCUT2D eigenvalue weighted by Crippen LogP contribution is -2.37. The Kier molecular flexibility index (Phi) is 5.36. The molecule has 0 radical (unpaired) electrons. The van der Waals surface area contributed by atoms with E-state index in [1.165, 1.54) is 36.5 Å². The minimum atomic E-state index is -1.08. The molecule has 1 heterocycles. The van der Waals surface area contributed by atoms with E-state index in [2.05, 4.69) is 10.3 Å². The van der Waals surface area contributed by atoms with Gasteiger partial charge in [0.25, 0.3) is 5.91 Å². The molecule has 1 aromatic heterocycles. The highest BCUT2D eigenvalue weighted by atomic mass is 16.5. The zero-order chi connectivity index (χ0) is 17.7. The lowest BCUT2D eigenvalue weighted by Gasteiger charge is -2.17. The number of hydrogen-bond donors (Lipinski definition) is 3. The van der Waals surface area contributed by atoms with E-state index in [0.29, 0.717) is 11.3 Å². The van der Waals surface area contributed by atoms with Gasteiger partial charge >= 0.3 is 5.97 Å². The van der Waals surface area contributed by atoms with E-state index in [4.69, 9.17) is 4.74 Å². The fraction of sp³-hybridized carbons (Fsp3) is 0.235. The molecule has 7 heteroatoms. The second-order valence-corrected chi connectivity index (χ2v) is 5.14. The summed E-state index contributed by atoms with van der Waals surface area (Å²) in [5.74, 6) is -1.31. The Labute approximate surface area is 138 Å². The van der Waals surface area contributed by atoms with Crippen LogP contribution in [-0.2, 0) is 9.53 Å².